The molecule has 17 heavy (non-hydrogen) atoms. The van der Waals surface area contributed by atoms with Crippen molar-refractivity contribution in [2.75, 3.05) is 6.61 Å². The SMILES string of the molecule is CCCCCCOc1ccc(OB(O)O)cc1. The van der Waals surface area contributed by atoms with Gasteiger partial charge in [-0.2, -0.15) is 0 Å². The van der Waals surface area contributed by atoms with Crippen LogP contribution in [0.5, 0.6) is 11.5 Å². The molecule has 0 heterocycles. The molecule has 1 aromatic carbocycles. The zero-order valence-corrected chi connectivity index (χ0v) is 10.1. The van der Waals surface area contributed by atoms with Gasteiger partial charge in [0.05, 0.1) is 6.61 Å². The molecule has 2 N–H and O–H groups in total. The molecular formula is C12H19BO4. The Kier molecular flexibility index (Phi) is 6.51. The third-order valence-corrected chi connectivity index (χ3v) is 2.33. The first kappa shape index (κ1) is 13.9. The van der Waals surface area contributed by atoms with E-state index in [1.54, 1.807) is 24.3 Å². The molecule has 0 aliphatic heterocycles. The minimum Gasteiger partial charge on any atom is -0.512 e. The maximum Gasteiger partial charge on any atom is 0.707 e. The summed E-state index contributed by atoms with van der Waals surface area (Å²) in [7, 11) is -1.78. The molecule has 0 bridgehead atoms. The van der Waals surface area contributed by atoms with Crippen LogP contribution >= 0.6 is 0 Å². The van der Waals surface area contributed by atoms with E-state index in [0.717, 1.165) is 12.2 Å². The Labute approximate surface area is 102 Å². The van der Waals surface area contributed by atoms with Gasteiger partial charge < -0.3 is 19.4 Å². The van der Waals surface area contributed by atoms with Gasteiger partial charge in [0.1, 0.15) is 11.5 Å². The second-order valence-corrected chi connectivity index (χ2v) is 3.82. The molecule has 0 fully saturated rings. The van der Waals surface area contributed by atoms with E-state index in [1.807, 2.05) is 0 Å². The molecule has 0 amide bonds. The minimum absolute atomic E-state index is 0.401. The Morgan fingerprint density at radius 1 is 1.00 bits per heavy atom. The van der Waals surface area contributed by atoms with Crippen LogP contribution in [0.25, 0.3) is 0 Å². The molecule has 0 unspecified atom stereocenters. The molecule has 0 aromatic heterocycles. The predicted molar refractivity (Wildman–Crippen MR) is 66.9 cm³/mol. The van der Waals surface area contributed by atoms with Gasteiger partial charge in [0.15, 0.2) is 0 Å². The van der Waals surface area contributed by atoms with Crippen LogP contribution in [0.1, 0.15) is 32.6 Å². The summed E-state index contributed by atoms with van der Waals surface area (Å²) in [6.07, 6.45) is 4.70. The molecule has 0 atom stereocenters. The Hall–Kier alpha value is -1.20. The summed E-state index contributed by atoms with van der Waals surface area (Å²) in [6.45, 7) is 2.89. The van der Waals surface area contributed by atoms with Crippen LogP contribution < -0.4 is 9.39 Å². The summed E-state index contributed by atoms with van der Waals surface area (Å²) in [5.74, 6) is 1.17. The fourth-order valence-electron chi connectivity index (χ4n) is 1.46. The summed E-state index contributed by atoms with van der Waals surface area (Å²) in [5.41, 5.74) is 0. The number of rotatable bonds is 8. The van der Waals surface area contributed by atoms with Crippen LogP contribution in [0.2, 0.25) is 0 Å². The molecule has 0 radical (unpaired) electrons. The lowest BCUT2D eigenvalue weighted by Gasteiger charge is -2.08. The van der Waals surface area contributed by atoms with Gasteiger partial charge in [0.2, 0.25) is 0 Å². The van der Waals surface area contributed by atoms with E-state index >= 15 is 0 Å². The fourth-order valence-corrected chi connectivity index (χ4v) is 1.46. The third kappa shape index (κ3) is 6.19. The minimum atomic E-state index is -1.78. The maximum absolute atomic E-state index is 8.60. The number of ether oxygens (including phenoxy) is 1. The summed E-state index contributed by atoms with van der Waals surface area (Å²) >= 11 is 0. The van der Waals surface area contributed by atoms with Crippen LogP contribution in [0, 0.1) is 0 Å². The van der Waals surface area contributed by atoms with Gasteiger partial charge in [-0.25, -0.2) is 0 Å². The molecule has 0 spiro atoms. The molecule has 0 aliphatic carbocycles. The van der Waals surface area contributed by atoms with Crippen LogP contribution in [0.15, 0.2) is 24.3 Å². The van der Waals surface area contributed by atoms with Gasteiger partial charge >= 0.3 is 7.32 Å². The van der Waals surface area contributed by atoms with Crippen molar-refractivity contribution in [2.24, 2.45) is 0 Å². The number of benzene rings is 1. The summed E-state index contributed by atoms with van der Waals surface area (Å²) in [6, 6.07) is 6.77. The first-order valence-electron chi connectivity index (χ1n) is 5.98. The average molecular weight is 238 g/mol. The molecule has 94 valence electrons. The second-order valence-electron chi connectivity index (χ2n) is 3.82. The van der Waals surface area contributed by atoms with E-state index < -0.39 is 7.32 Å². The quantitative estimate of drug-likeness (QED) is 0.537. The van der Waals surface area contributed by atoms with E-state index in [9.17, 15) is 0 Å². The summed E-state index contributed by atoms with van der Waals surface area (Å²) in [4.78, 5) is 0. The van der Waals surface area contributed by atoms with Crippen molar-refractivity contribution in [2.45, 2.75) is 32.6 Å². The highest BCUT2D eigenvalue weighted by Crippen LogP contribution is 2.18. The van der Waals surface area contributed by atoms with E-state index in [2.05, 4.69) is 11.6 Å². The largest absolute Gasteiger partial charge is 0.707 e. The summed E-state index contributed by atoms with van der Waals surface area (Å²) < 4.78 is 10.2. The number of unbranched alkanes of at least 4 members (excludes halogenated alkanes) is 3. The first-order valence-corrected chi connectivity index (χ1v) is 5.98. The van der Waals surface area contributed by atoms with Crippen molar-refractivity contribution in [1.82, 2.24) is 0 Å². The molecule has 5 heteroatoms. The molecule has 0 aliphatic rings. The van der Waals surface area contributed by atoms with E-state index in [4.69, 9.17) is 14.8 Å². The van der Waals surface area contributed by atoms with Gasteiger partial charge in [-0.3, -0.25) is 0 Å². The van der Waals surface area contributed by atoms with Crippen LogP contribution in [-0.4, -0.2) is 24.0 Å². The fraction of sp³-hybridized carbons (Fsp3) is 0.500. The van der Waals surface area contributed by atoms with Crippen molar-refractivity contribution < 1.29 is 19.4 Å². The Balaban J connectivity index is 2.25. The lowest BCUT2D eigenvalue weighted by Crippen LogP contribution is -2.20. The van der Waals surface area contributed by atoms with Gasteiger partial charge in [0.25, 0.3) is 0 Å². The molecular weight excluding hydrogens is 219 g/mol. The Bertz CT molecular complexity index is 300. The lowest BCUT2D eigenvalue weighted by atomic mass is 10.2. The zero-order chi connectivity index (χ0) is 12.5. The smallest absolute Gasteiger partial charge is 0.512 e. The zero-order valence-electron chi connectivity index (χ0n) is 10.1. The lowest BCUT2D eigenvalue weighted by molar-refractivity contribution is 0.286. The molecule has 1 aromatic rings. The van der Waals surface area contributed by atoms with Crippen LogP contribution in [0.4, 0.5) is 0 Å². The molecule has 1 rings (SSSR count). The normalized spacial score (nSPS) is 10.1. The van der Waals surface area contributed by atoms with Crippen molar-refractivity contribution in [1.29, 1.82) is 0 Å². The van der Waals surface area contributed by atoms with Crippen LogP contribution in [0.3, 0.4) is 0 Å². The summed E-state index contributed by atoms with van der Waals surface area (Å²) in [5, 5.41) is 17.2. The van der Waals surface area contributed by atoms with Crippen molar-refractivity contribution in [3.63, 3.8) is 0 Å². The standard InChI is InChI=1S/C12H19BO4/c1-2-3-4-5-10-16-11-6-8-12(9-7-11)17-13(14)15/h6-9,14-15H,2-5,10H2,1H3. The van der Waals surface area contributed by atoms with Gasteiger partial charge in [-0.1, -0.05) is 26.2 Å². The Morgan fingerprint density at radius 3 is 2.24 bits per heavy atom. The second kappa shape index (κ2) is 7.98. The van der Waals surface area contributed by atoms with Crippen LogP contribution in [-0.2, 0) is 0 Å². The van der Waals surface area contributed by atoms with Crippen molar-refractivity contribution in [3.8, 4) is 11.5 Å². The highest BCUT2D eigenvalue weighted by atomic mass is 16.6. The van der Waals surface area contributed by atoms with Gasteiger partial charge in [0, 0.05) is 0 Å². The average Bonchev–Trinajstić information content (AvgIpc) is 2.30. The maximum atomic E-state index is 8.60. The monoisotopic (exact) mass is 238 g/mol. The third-order valence-electron chi connectivity index (χ3n) is 2.33. The Morgan fingerprint density at radius 2 is 1.65 bits per heavy atom. The van der Waals surface area contributed by atoms with Gasteiger partial charge in [-0.15, -0.1) is 0 Å². The number of hydrogen-bond acceptors (Lipinski definition) is 4. The van der Waals surface area contributed by atoms with Crippen molar-refractivity contribution >= 4 is 7.32 Å². The molecule has 0 saturated carbocycles. The van der Waals surface area contributed by atoms with E-state index in [0.29, 0.717) is 12.4 Å². The molecule has 0 saturated heterocycles. The van der Waals surface area contributed by atoms with Crippen molar-refractivity contribution in [3.05, 3.63) is 24.3 Å². The highest BCUT2D eigenvalue weighted by Gasteiger charge is 2.10. The highest BCUT2D eigenvalue weighted by molar-refractivity contribution is 6.33. The number of hydrogen-bond donors (Lipinski definition) is 2. The first-order chi connectivity index (χ1) is 8.22. The topological polar surface area (TPSA) is 58.9 Å². The molecule has 4 nitrogen and oxygen atoms in total. The predicted octanol–water partition coefficient (Wildman–Crippen LogP) is 1.99. The van der Waals surface area contributed by atoms with E-state index in [1.165, 1.54) is 19.3 Å². The van der Waals surface area contributed by atoms with Gasteiger partial charge in [-0.05, 0) is 30.7 Å². The van der Waals surface area contributed by atoms with E-state index in [-0.39, 0.29) is 0 Å².